The van der Waals surface area contributed by atoms with Gasteiger partial charge in [-0.2, -0.15) is 0 Å². The van der Waals surface area contributed by atoms with Crippen LogP contribution in [0, 0.1) is 5.92 Å². The summed E-state index contributed by atoms with van der Waals surface area (Å²) in [5, 5.41) is 23.7. The van der Waals surface area contributed by atoms with E-state index in [1.54, 1.807) is 31.2 Å². The highest BCUT2D eigenvalue weighted by molar-refractivity contribution is 5.95. The molecule has 1 heterocycles. The number of nitrogens with zero attached hydrogens (tertiary/aromatic N) is 1. The number of nitrogens with two attached hydrogens (primary N) is 1. The molecule has 2 rings (SSSR count). The molecule has 0 aromatic heterocycles. The highest BCUT2D eigenvalue weighted by atomic mass is 16.4. The largest absolute Gasteiger partial charge is 0.481 e. The number of amides is 3. The van der Waals surface area contributed by atoms with Crippen LogP contribution in [0.2, 0.25) is 0 Å². The molecule has 0 bridgehead atoms. The van der Waals surface area contributed by atoms with E-state index in [1.165, 1.54) is 4.90 Å². The summed E-state index contributed by atoms with van der Waals surface area (Å²) in [5.74, 6) is -4.59. The molecule has 35 heavy (non-hydrogen) atoms. The lowest BCUT2D eigenvalue weighted by Gasteiger charge is -2.29. The summed E-state index contributed by atoms with van der Waals surface area (Å²) in [5.41, 5.74) is 6.47. The number of rotatable bonds is 12. The minimum absolute atomic E-state index is 0.116. The maximum Gasteiger partial charge on any atom is 0.326 e. The number of hydrogen-bond acceptors (Lipinski definition) is 6. The number of carbonyl (C=O) groups is 5. The summed E-state index contributed by atoms with van der Waals surface area (Å²) in [6.07, 6.45) is 0.942. The lowest BCUT2D eigenvalue weighted by atomic mass is 9.98. The monoisotopic (exact) mass is 490 g/mol. The van der Waals surface area contributed by atoms with Crippen molar-refractivity contribution in [2.24, 2.45) is 11.7 Å². The fourth-order valence-corrected chi connectivity index (χ4v) is 4.06. The van der Waals surface area contributed by atoms with Crippen LogP contribution in [0.15, 0.2) is 30.3 Å². The molecule has 5 unspecified atom stereocenters. The van der Waals surface area contributed by atoms with Gasteiger partial charge in [0.25, 0.3) is 0 Å². The van der Waals surface area contributed by atoms with Crippen LogP contribution in [0.1, 0.15) is 45.1 Å². The molecular weight excluding hydrogens is 456 g/mol. The van der Waals surface area contributed by atoms with Gasteiger partial charge in [0.15, 0.2) is 0 Å². The van der Waals surface area contributed by atoms with E-state index in [0.29, 0.717) is 19.3 Å². The Morgan fingerprint density at radius 3 is 2.34 bits per heavy atom. The maximum absolute atomic E-state index is 13.2. The third-order valence-electron chi connectivity index (χ3n) is 6.24. The lowest BCUT2D eigenvalue weighted by molar-refractivity contribution is -0.145. The first kappa shape index (κ1) is 27.8. The first-order valence-electron chi connectivity index (χ1n) is 11.7. The number of carboxylic acids is 2. The number of benzene rings is 1. The summed E-state index contributed by atoms with van der Waals surface area (Å²) < 4.78 is 0. The van der Waals surface area contributed by atoms with Gasteiger partial charge in [-0.3, -0.25) is 19.2 Å². The molecule has 1 aromatic carbocycles. The predicted octanol–water partition coefficient (Wildman–Crippen LogP) is 0.122. The molecule has 1 aliphatic heterocycles. The Balaban J connectivity index is 2.21. The molecule has 0 radical (unpaired) electrons. The molecular formula is C24H34N4O7. The van der Waals surface area contributed by atoms with Gasteiger partial charge in [-0.1, -0.05) is 50.6 Å². The van der Waals surface area contributed by atoms with Crippen LogP contribution < -0.4 is 16.4 Å². The summed E-state index contributed by atoms with van der Waals surface area (Å²) in [6.45, 7) is 3.78. The highest BCUT2D eigenvalue weighted by Crippen LogP contribution is 2.19. The van der Waals surface area contributed by atoms with Gasteiger partial charge in [-0.15, -0.1) is 0 Å². The van der Waals surface area contributed by atoms with Crippen LogP contribution in [0.5, 0.6) is 0 Å². The normalized spacial score (nSPS) is 18.7. The van der Waals surface area contributed by atoms with Crippen molar-refractivity contribution in [3.05, 3.63) is 35.9 Å². The van der Waals surface area contributed by atoms with E-state index in [1.807, 2.05) is 13.0 Å². The van der Waals surface area contributed by atoms with Crippen molar-refractivity contribution < 1.29 is 34.2 Å². The van der Waals surface area contributed by atoms with Crippen molar-refractivity contribution in [1.29, 1.82) is 0 Å². The Labute approximate surface area is 204 Å². The molecule has 0 aliphatic carbocycles. The van der Waals surface area contributed by atoms with Gasteiger partial charge >= 0.3 is 11.9 Å². The van der Waals surface area contributed by atoms with Gasteiger partial charge in [0.05, 0.1) is 12.5 Å². The van der Waals surface area contributed by atoms with Crippen molar-refractivity contribution in [3.8, 4) is 0 Å². The van der Waals surface area contributed by atoms with Crippen molar-refractivity contribution in [2.75, 3.05) is 6.54 Å². The second-order valence-electron chi connectivity index (χ2n) is 8.85. The Morgan fingerprint density at radius 2 is 1.77 bits per heavy atom. The summed E-state index contributed by atoms with van der Waals surface area (Å²) in [4.78, 5) is 62.8. The SMILES string of the molecule is CCC(C)C(NC(=O)C(Cc1ccccc1)NC(=O)C1CCCN1C(=O)C(N)CC(=O)O)C(=O)O. The zero-order chi connectivity index (χ0) is 26.1. The standard InChI is InChI=1S/C24H34N4O7/c1-3-14(2)20(24(34)35)27-21(31)17(12-15-8-5-4-6-9-15)26-22(32)18-10-7-11-28(18)23(33)16(25)13-19(29)30/h4-6,8-9,14,16-18,20H,3,7,10-13,25H2,1-2H3,(H,26,32)(H,27,31)(H,29,30)(H,34,35). The third kappa shape index (κ3) is 7.78. The number of nitrogens with one attached hydrogen (secondary N) is 2. The Kier molecular flexibility index (Phi) is 10.2. The minimum Gasteiger partial charge on any atom is -0.481 e. The summed E-state index contributed by atoms with van der Waals surface area (Å²) in [7, 11) is 0. The molecule has 1 aliphatic rings. The van der Waals surface area contributed by atoms with Gasteiger partial charge in [0.2, 0.25) is 17.7 Å². The zero-order valence-electron chi connectivity index (χ0n) is 20.0. The fraction of sp³-hybridized carbons (Fsp3) is 0.542. The molecule has 1 fully saturated rings. The molecule has 0 saturated carbocycles. The molecule has 6 N–H and O–H groups in total. The third-order valence-corrected chi connectivity index (χ3v) is 6.24. The second kappa shape index (κ2) is 12.8. The van der Waals surface area contributed by atoms with E-state index < -0.39 is 60.2 Å². The van der Waals surface area contributed by atoms with Crippen LogP contribution in [0.3, 0.4) is 0 Å². The van der Waals surface area contributed by atoms with Gasteiger partial charge in [0.1, 0.15) is 18.1 Å². The topological polar surface area (TPSA) is 179 Å². The molecule has 5 atom stereocenters. The van der Waals surface area contributed by atoms with Crippen LogP contribution in [-0.2, 0) is 30.4 Å². The maximum atomic E-state index is 13.2. The average molecular weight is 491 g/mol. The molecule has 0 spiro atoms. The van der Waals surface area contributed by atoms with E-state index in [-0.39, 0.29) is 18.9 Å². The second-order valence-corrected chi connectivity index (χ2v) is 8.85. The van der Waals surface area contributed by atoms with E-state index in [0.717, 1.165) is 5.56 Å². The van der Waals surface area contributed by atoms with Crippen molar-refractivity contribution in [2.45, 2.75) is 70.1 Å². The van der Waals surface area contributed by atoms with E-state index in [2.05, 4.69) is 10.6 Å². The quantitative estimate of drug-likeness (QED) is 0.274. The van der Waals surface area contributed by atoms with Crippen LogP contribution in [0.4, 0.5) is 0 Å². The number of likely N-dealkylation sites (tertiary alicyclic amines) is 1. The molecule has 192 valence electrons. The number of aliphatic carboxylic acids is 2. The molecule has 1 saturated heterocycles. The fourth-order valence-electron chi connectivity index (χ4n) is 4.06. The predicted molar refractivity (Wildman–Crippen MR) is 126 cm³/mol. The minimum atomic E-state index is -1.28. The Bertz CT molecular complexity index is 924. The highest BCUT2D eigenvalue weighted by Gasteiger charge is 2.38. The van der Waals surface area contributed by atoms with Crippen LogP contribution in [-0.4, -0.2) is 75.5 Å². The van der Waals surface area contributed by atoms with Gasteiger partial charge in [-0.05, 0) is 24.3 Å². The van der Waals surface area contributed by atoms with Crippen molar-refractivity contribution in [1.82, 2.24) is 15.5 Å². The number of hydrogen-bond donors (Lipinski definition) is 5. The number of carboxylic acid groups (broad SMARTS) is 2. The molecule has 1 aromatic rings. The molecule has 11 nitrogen and oxygen atoms in total. The van der Waals surface area contributed by atoms with E-state index in [4.69, 9.17) is 10.8 Å². The summed E-state index contributed by atoms with van der Waals surface area (Å²) in [6, 6.07) is 4.55. The smallest absolute Gasteiger partial charge is 0.326 e. The Morgan fingerprint density at radius 1 is 1.11 bits per heavy atom. The first-order valence-corrected chi connectivity index (χ1v) is 11.7. The summed E-state index contributed by atoms with van der Waals surface area (Å²) >= 11 is 0. The van der Waals surface area contributed by atoms with E-state index >= 15 is 0 Å². The van der Waals surface area contributed by atoms with E-state index in [9.17, 15) is 29.1 Å². The van der Waals surface area contributed by atoms with Crippen molar-refractivity contribution >= 4 is 29.7 Å². The Hall–Kier alpha value is -3.47. The lowest BCUT2D eigenvalue weighted by Crippen LogP contribution is -2.58. The zero-order valence-corrected chi connectivity index (χ0v) is 20.0. The van der Waals surface area contributed by atoms with Gasteiger partial charge in [-0.25, -0.2) is 4.79 Å². The molecule has 11 heteroatoms. The van der Waals surface area contributed by atoms with Gasteiger partial charge in [0, 0.05) is 13.0 Å². The number of carbonyl (C=O) groups excluding carboxylic acids is 3. The average Bonchev–Trinajstić information content (AvgIpc) is 3.31. The van der Waals surface area contributed by atoms with Crippen LogP contribution in [0.25, 0.3) is 0 Å². The van der Waals surface area contributed by atoms with Crippen molar-refractivity contribution in [3.63, 3.8) is 0 Å². The van der Waals surface area contributed by atoms with Crippen LogP contribution >= 0.6 is 0 Å². The molecule has 3 amide bonds. The first-order chi connectivity index (χ1) is 16.5. The van der Waals surface area contributed by atoms with Gasteiger partial charge < -0.3 is 31.5 Å².